The number of nitriles is 1. The van der Waals surface area contributed by atoms with Crippen LogP contribution in [0.15, 0.2) is 18.2 Å². The molecule has 1 N–H and O–H groups in total. The summed E-state index contributed by atoms with van der Waals surface area (Å²) in [6.07, 6.45) is 5.14. The molecule has 2 nitrogen and oxygen atoms in total. The number of nitrogens with zero attached hydrogens (tertiary/aromatic N) is 1. The number of hydrogen-bond donors (Lipinski definition) is 1. The van der Waals surface area contributed by atoms with Gasteiger partial charge >= 0.3 is 0 Å². The second-order valence-electron chi connectivity index (χ2n) is 5.03. The lowest BCUT2D eigenvalue weighted by Gasteiger charge is -2.14. The molecule has 0 saturated heterocycles. The summed E-state index contributed by atoms with van der Waals surface area (Å²) in [7, 11) is 0. The van der Waals surface area contributed by atoms with Crippen molar-refractivity contribution in [2.24, 2.45) is 0 Å². The highest BCUT2D eigenvalue weighted by Crippen LogP contribution is 2.11. The van der Waals surface area contributed by atoms with Crippen LogP contribution >= 0.6 is 0 Å². The van der Waals surface area contributed by atoms with Gasteiger partial charge < -0.3 is 5.32 Å². The number of rotatable bonds is 7. The second-order valence-corrected chi connectivity index (χ2v) is 5.03. The highest BCUT2D eigenvalue weighted by Gasteiger charge is 2.03. The molecule has 0 aliphatic rings. The van der Waals surface area contributed by atoms with Gasteiger partial charge in [-0.3, -0.25) is 0 Å². The minimum atomic E-state index is 0.562. The third-order valence-electron chi connectivity index (χ3n) is 3.35. The van der Waals surface area contributed by atoms with E-state index in [1.54, 1.807) is 0 Å². The summed E-state index contributed by atoms with van der Waals surface area (Å²) in [6.45, 7) is 7.44. The summed E-state index contributed by atoms with van der Waals surface area (Å²) in [6, 6.07) is 8.64. The van der Waals surface area contributed by atoms with Crippen molar-refractivity contribution in [2.75, 3.05) is 0 Å². The molecule has 0 spiro atoms. The zero-order valence-electron chi connectivity index (χ0n) is 11.8. The van der Waals surface area contributed by atoms with E-state index in [0.29, 0.717) is 6.04 Å². The number of unbranched alkanes of at least 4 members (excludes halogenated alkanes) is 2. The average Bonchev–Trinajstić information content (AvgIpc) is 2.37. The Morgan fingerprint density at radius 2 is 2.11 bits per heavy atom. The van der Waals surface area contributed by atoms with E-state index >= 15 is 0 Å². The molecule has 0 heterocycles. The van der Waals surface area contributed by atoms with Crippen LogP contribution in [-0.2, 0) is 6.54 Å². The smallest absolute Gasteiger partial charge is 0.0991 e. The molecule has 0 aromatic heterocycles. The van der Waals surface area contributed by atoms with Crippen LogP contribution in [0, 0.1) is 18.3 Å². The fourth-order valence-electron chi connectivity index (χ4n) is 2.05. The third-order valence-corrected chi connectivity index (χ3v) is 3.35. The molecule has 1 unspecified atom stereocenters. The van der Waals surface area contributed by atoms with Gasteiger partial charge in [-0.05, 0) is 43.5 Å². The van der Waals surface area contributed by atoms with Crippen molar-refractivity contribution in [3.8, 4) is 6.07 Å². The summed E-state index contributed by atoms with van der Waals surface area (Å²) in [5, 5.41) is 12.4. The van der Waals surface area contributed by atoms with Crippen LogP contribution in [0.2, 0.25) is 0 Å². The van der Waals surface area contributed by atoms with Crippen molar-refractivity contribution in [3.63, 3.8) is 0 Å². The Bertz CT molecular complexity index is 404. The standard InChI is InChI=1S/C16H24N2/c1-4-5-6-7-14(3)18-12-16-9-8-15(11-17)10-13(16)2/h8-10,14,18H,4-7,12H2,1-3H3. The van der Waals surface area contributed by atoms with Crippen molar-refractivity contribution < 1.29 is 0 Å². The fourth-order valence-corrected chi connectivity index (χ4v) is 2.05. The Morgan fingerprint density at radius 1 is 1.33 bits per heavy atom. The summed E-state index contributed by atoms with van der Waals surface area (Å²) in [5.41, 5.74) is 3.23. The normalized spacial score (nSPS) is 12.1. The molecule has 0 amide bonds. The van der Waals surface area contributed by atoms with Gasteiger partial charge in [0.1, 0.15) is 0 Å². The second kappa shape index (κ2) is 7.89. The van der Waals surface area contributed by atoms with Gasteiger partial charge in [0.25, 0.3) is 0 Å². The van der Waals surface area contributed by atoms with E-state index in [9.17, 15) is 0 Å². The topological polar surface area (TPSA) is 35.8 Å². The van der Waals surface area contributed by atoms with Gasteiger partial charge in [0.15, 0.2) is 0 Å². The van der Waals surface area contributed by atoms with Gasteiger partial charge in [-0.25, -0.2) is 0 Å². The van der Waals surface area contributed by atoms with Crippen molar-refractivity contribution in [3.05, 3.63) is 34.9 Å². The van der Waals surface area contributed by atoms with Gasteiger partial charge in [-0.2, -0.15) is 5.26 Å². The SMILES string of the molecule is CCCCCC(C)NCc1ccc(C#N)cc1C. The molecule has 0 bridgehead atoms. The molecular formula is C16H24N2. The zero-order chi connectivity index (χ0) is 13.4. The molecule has 1 aromatic carbocycles. The number of nitrogens with one attached hydrogen (secondary N) is 1. The Balaban J connectivity index is 2.41. The first-order chi connectivity index (χ1) is 8.67. The van der Waals surface area contributed by atoms with Gasteiger partial charge in [-0.1, -0.05) is 32.3 Å². The molecule has 1 aromatic rings. The molecule has 1 rings (SSSR count). The summed E-state index contributed by atoms with van der Waals surface area (Å²) in [5.74, 6) is 0. The van der Waals surface area contributed by atoms with E-state index in [4.69, 9.17) is 5.26 Å². The van der Waals surface area contributed by atoms with Crippen LogP contribution in [0.25, 0.3) is 0 Å². The van der Waals surface area contributed by atoms with Crippen molar-refractivity contribution in [1.29, 1.82) is 5.26 Å². The van der Waals surface area contributed by atoms with Crippen LogP contribution in [0.3, 0.4) is 0 Å². The maximum absolute atomic E-state index is 8.83. The van der Waals surface area contributed by atoms with Crippen molar-refractivity contribution >= 4 is 0 Å². The van der Waals surface area contributed by atoms with Crippen molar-refractivity contribution in [1.82, 2.24) is 5.32 Å². The minimum absolute atomic E-state index is 0.562. The monoisotopic (exact) mass is 244 g/mol. The Hall–Kier alpha value is -1.33. The summed E-state index contributed by atoms with van der Waals surface area (Å²) >= 11 is 0. The highest BCUT2D eigenvalue weighted by molar-refractivity contribution is 5.37. The highest BCUT2D eigenvalue weighted by atomic mass is 14.9. The molecule has 0 aliphatic heterocycles. The zero-order valence-corrected chi connectivity index (χ0v) is 11.8. The Morgan fingerprint density at radius 3 is 2.72 bits per heavy atom. The van der Waals surface area contributed by atoms with Crippen LogP contribution in [0.4, 0.5) is 0 Å². The molecule has 2 heteroatoms. The van der Waals surface area contributed by atoms with Crippen LogP contribution in [0.1, 0.15) is 56.2 Å². The third kappa shape index (κ3) is 4.89. The van der Waals surface area contributed by atoms with Gasteiger partial charge in [0.2, 0.25) is 0 Å². The molecule has 0 saturated carbocycles. The average molecular weight is 244 g/mol. The van der Waals surface area contributed by atoms with E-state index < -0.39 is 0 Å². The van der Waals surface area contributed by atoms with Crippen LogP contribution in [0.5, 0.6) is 0 Å². The maximum Gasteiger partial charge on any atom is 0.0991 e. The molecule has 0 radical (unpaired) electrons. The Kier molecular flexibility index (Phi) is 6.46. The maximum atomic E-state index is 8.83. The number of aryl methyl sites for hydroxylation is 1. The molecule has 0 aliphatic carbocycles. The lowest BCUT2D eigenvalue weighted by atomic mass is 10.0. The molecule has 0 fully saturated rings. The van der Waals surface area contributed by atoms with E-state index in [-0.39, 0.29) is 0 Å². The molecule has 18 heavy (non-hydrogen) atoms. The lowest BCUT2D eigenvalue weighted by molar-refractivity contribution is 0.487. The van der Waals surface area contributed by atoms with E-state index in [2.05, 4.69) is 38.2 Å². The first-order valence-electron chi connectivity index (χ1n) is 6.90. The summed E-state index contributed by atoms with van der Waals surface area (Å²) < 4.78 is 0. The quantitative estimate of drug-likeness (QED) is 0.738. The van der Waals surface area contributed by atoms with E-state index in [1.807, 2.05) is 12.1 Å². The first kappa shape index (κ1) is 14.7. The Labute approximate surface area is 111 Å². The molecule has 1 atom stereocenters. The molecular weight excluding hydrogens is 220 g/mol. The summed E-state index contributed by atoms with van der Waals surface area (Å²) in [4.78, 5) is 0. The van der Waals surface area contributed by atoms with E-state index in [0.717, 1.165) is 12.1 Å². The van der Waals surface area contributed by atoms with Crippen molar-refractivity contribution in [2.45, 2.75) is 59.0 Å². The van der Waals surface area contributed by atoms with Gasteiger partial charge in [-0.15, -0.1) is 0 Å². The van der Waals surface area contributed by atoms with Crippen LogP contribution in [-0.4, -0.2) is 6.04 Å². The number of benzene rings is 1. The predicted octanol–water partition coefficient (Wildman–Crippen LogP) is 3.93. The van der Waals surface area contributed by atoms with Crippen LogP contribution < -0.4 is 5.32 Å². The number of hydrogen-bond acceptors (Lipinski definition) is 2. The van der Waals surface area contributed by atoms with E-state index in [1.165, 1.54) is 36.8 Å². The minimum Gasteiger partial charge on any atom is -0.310 e. The predicted molar refractivity (Wildman–Crippen MR) is 76.3 cm³/mol. The lowest BCUT2D eigenvalue weighted by Crippen LogP contribution is -2.25. The molecule has 98 valence electrons. The largest absolute Gasteiger partial charge is 0.310 e. The van der Waals surface area contributed by atoms with Gasteiger partial charge in [0, 0.05) is 12.6 Å². The van der Waals surface area contributed by atoms with Gasteiger partial charge in [0.05, 0.1) is 11.6 Å². The first-order valence-corrected chi connectivity index (χ1v) is 6.90. The fraction of sp³-hybridized carbons (Fsp3) is 0.562.